The monoisotopic (exact) mass is 377 g/mol. The van der Waals surface area contributed by atoms with Gasteiger partial charge in [-0.3, -0.25) is 4.79 Å². The predicted octanol–water partition coefficient (Wildman–Crippen LogP) is 4.12. The number of allylic oxidation sites excluding steroid dienone is 3. The number of furan rings is 1. The van der Waals surface area contributed by atoms with E-state index in [4.69, 9.17) is 9.15 Å². The van der Waals surface area contributed by atoms with Crippen LogP contribution in [0.2, 0.25) is 0 Å². The number of Topliss-reactive ketones (excluding diaryl/α,β-unsaturated/α-hetero) is 1. The summed E-state index contributed by atoms with van der Waals surface area (Å²) in [5.74, 6) is 0.498. The standard InChI is InChI=1S/C23H23NO4/c1-13-9-10-19(28-13)22-20(23(26)27-3)14(2)24-17-11-16(12-18(25)21(17)22)15-7-5-4-6-8-15/h4-10,16,22,24H,11-12H2,1-3H3/t16-,22+/m1/s1. The van der Waals surface area contributed by atoms with Gasteiger partial charge in [-0.25, -0.2) is 4.79 Å². The first-order valence-electron chi connectivity index (χ1n) is 9.43. The molecular weight excluding hydrogens is 354 g/mol. The maximum absolute atomic E-state index is 13.3. The number of rotatable bonds is 3. The van der Waals surface area contributed by atoms with Gasteiger partial charge >= 0.3 is 5.97 Å². The average Bonchev–Trinajstić information content (AvgIpc) is 3.13. The Morgan fingerprint density at radius 3 is 2.50 bits per heavy atom. The Hall–Kier alpha value is -3.08. The molecule has 0 radical (unpaired) electrons. The van der Waals surface area contributed by atoms with Crippen molar-refractivity contribution >= 4 is 11.8 Å². The lowest BCUT2D eigenvalue weighted by Crippen LogP contribution is -2.35. The van der Waals surface area contributed by atoms with E-state index in [0.29, 0.717) is 35.4 Å². The van der Waals surface area contributed by atoms with E-state index in [1.54, 1.807) is 0 Å². The van der Waals surface area contributed by atoms with Crippen LogP contribution in [0.3, 0.4) is 0 Å². The number of aryl methyl sites for hydroxylation is 1. The van der Waals surface area contributed by atoms with Crippen molar-refractivity contribution in [1.82, 2.24) is 5.32 Å². The van der Waals surface area contributed by atoms with Gasteiger partial charge in [0, 0.05) is 23.4 Å². The van der Waals surface area contributed by atoms with Crippen LogP contribution >= 0.6 is 0 Å². The molecule has 28 heavy (non-hydrogen) atoms. The summed E-state index contributed by atoms with van der Waals surface area (Å²) in [5.41, 5.74) is 3.77. The lowest BCUT2D eigenvalue weighted by molar-refractivity contribution is -0.136. The van der Waals surface area contributed by atoms with E-state index in [1.807, 2.05) is 44.2 Å². The summed E-state index contributed by atoms with van der Waals surface area (Å²) in [6, 6.07) is 13.8. The summed E-state index contributed by atoms with van der Waals surface area (Å²) < 4.78 is 10.9. The average molecular weight is 377 g/mol. The number of hydrogen-bond donors (Lipinski definition) is 1. The molecule has 2 atom stereocenters. The Bertz CT molecular complexity index is 997. The third-order valence-corrected chi connectivity index (χ3v) is 5.55. The second kappa shape index (κ2) is 7.15. The first kappa shape index (κ1) is 18.3. The molecule has 2 aromatic rings. The van der Waals surface area contributed by atoms with Gasteiger partial charge in [-0.05, 0) is 43.9 Å². The summed E-state index contributed by atoms with van der Waals surface area (Å²) in [6.07, 6.45) is 1.13. The van der Waals surface area contributed by atoms with E-state index in [0.717, 1.165) is 17.0 Å². The fourth-order valence-corrected chi connectivity index (χ4v) is 4.27. The summed E-state index contributed by atoms with van der Waals surface area (Å²) in [5, 5.41) is 3.32. The molecule has 2 heterocycles. The van der Waals surface area contributed by atoms with Crippen LogP contribution in [0.25, 0.3) is 0 Å². The molecule has 0 unspecified atom stereocenters. The number of methoxy groups -OCH3 is 1. The van der Waals surface area contributed by atoms with Crippen molar-refractivity contribution in [2.24, 2.45) is 0 Å². The number of carbonyl (C=O) groups excluding carboxylic acids is 2. The lowest BCUT2D eigenvalue weighted by Gasteiger charge is -2.35. The molecule has 0 amide bonds. The van der Waals surface area contributed by atoms with Crippen molar-refractivity contribution in [2.45, 2.75) is 38.5 Å². The minimum Gasteiger partial charge on any atom is -0.466 e. The summed E-state index contributed by atoms with van der Waals surface area (Å²) in [4.78, 5) is 25.8. The number of carbonyl (C=O) groups is 2. The molecule has 2 aliphatic rings. The fourth-order valence-electron chi connectivity index (χ4n) is 4.27. The number of hydrogen-bond acceptors (Lipinski definition) is 5. The number of ether oxygens (including phenoxy) is 1. The van der Waals surface area contributed by atoms with Gasteiger partial charge in [0.15, 0.2) is 5.78 Å². The Morgan fingerprint density at radius 1 is 1.11 bits per heavy atom. The van der Waals surface area contributed by atoms with Crippen molar-refractivity contribution < 1.29 is 18.7 Å². The highest BCUT2D eigenvalue weighted by Crippen LogP contribution is 2.45. The van der Waals surface area contributed by atoms with Crippen molar-refractivity contribution in [3.05, 3.63) is 82.1 Å². The zero-order chi connectivity index (χ0) is 19.8. The van der Waals surface area contributed by atoms with Crippen LogP contribution in [-0.2, 0) is 14.3 Å². The molecule has 5 heteroatoms. The molecule has 1 aromatic carbocycles. The third-order valence-electron chi connectivity index (χ3n) is 5.55. The lowest BCUT2D eigenvalue weighted by atomic mass is 9.73. The molecule has 144 valence electrons. The third kappa shape index (κ3) is 3.07. The molecular formula is C23H23NO4. The van der Waals surface area contributed by atoms with E-state index >= 15 is 0 Å². The highest BCUT2D eigenvalue weighted by Gasteiger charge is 2.42. The Kier molecular flexibility index (Phi) is 4.67. The maximum atomic E-state index is 13.3. The Morgan fingerprint density at radius 2 is 1.86 bits per heavy atom. The highest BCUT2D eigenvalue weighted by atomic mass is 16.5. The SMILES string of the molecule is COC(=O)C1=C(C)NC2=C(C(=O)C[C@H](c3ccccc3)C2)[C@H]1c1ccc(C)o1. The second-order valence-corrected chi connectivity index (χ2v) is 7.37. The van der Waals surface area contributed by atoms with Gasteiger partial charge in [0.2, 0.25) is 0 Å². The number of ketones is 1. The number of nitrogens with one attached hydrogen (secondary N) is 1. The molecule has 0 spiro atoms. The Labute approximate surface area is 164 Å². The summed E-state index contributed by atoms with van der Waals surface area (Å²) in [7, 11) is 1.35. The number of dihydropyridines is 1. The van der Waals surface area contributed by atoms with E-state index < -0.39 is 11.9 Å². The smallest absolute Gasteiger partial charge is 0.336 e. The van der Waals surface area contributed by atoms with Crippen molar-refractivity contribution in [2.75, 3.05) is 7.11 Å². The number of benzene rings is 1. The van der Waals surface area contributed by atoms with Gasteiger partial charge in [-0.2, -0.15) is 0 Å². The van der Waals surface area contributed by atoms with E-state index in [9.17, 15) is 9.59 Å². The summed E-state index contributed by atoms with van der Waals surface area (Å²) >= 11 is 0. The van der Waals surface area contributed by atoms with Crippen LogP contribution in [0, 0.1) is 6.92 Å². The van der Waals surface area contributed by atoms with Gasteiger partial charge in [0.1, 0.15) is 11.5 Å². The minimum atomic E-state index is -0.540. The molecule has 0 fully saturated rings. The fraction of sp³-hybridized carbons (Fsp3) is 0.304. The first-order valence-corrected chi connectivity index (χ1v) is 9.43. The van der Waals surface area contributed by atoms with Crippen LogP contribution in [0.1, 0.15) is 48.7 Å². The van der Waals surface area contributed by atoms with Crippen molar-refractivity contribution in [3.8, 4) is 0 Å². The van der Waals surface area contributed by atoms with Gasteiger partial charge in [-0.1, -0.05) is 30.3 Å². The molecule has 0 saturated heterocycles. The minimum absolute atomic E-state index is 0.0376. The second-order valence-electron chi connectivity index (χ2n) is 7.37. The zero-order valence-corrected chi connectivity index (χ0v) is 16.2. The van der Waals surface area contributed by atoms with Crippen LogP contribution in [0.4, 0.5) is 0 Å². The highest BCUT2D eigenvalue weighted by molar-refractivity contribution is 6.04. The van der Waals surface area contributed by atoms with E-state index in [2.05, 4.69) is 17.4 Å². The largest absolute Gasteiger partial charge is 0.466 e. The van der Waals surface area contributed by atoms with Gasteiger partial charge < -0.3 is 14.5 Å². The number of esters is 1. The van der Waals surface area contributed by atoms with Gasteiger partial charge in [0.25, 0.3) is 0 Å². The molecule has 0 bridgehead atoms. The van der Waals surface area contributed by atoms with E-state index in [1.165, 1.54) is 7.11 Å². The van der Waals surface area contributed by atoms with Crippen LogP contribution in [-0.4, -0.2) is 18.9 Å². The predicted molar refractivity (Wildman–Crippen MR) is 104 cm³/mol. The van der Waals surface area contributed by atoms with E-state index in [-0.39, 0.29) is 11.7 Å². The molecule has 0 saturated carbocycles. The normalized spacial score (nSPS) is 22.0. The van der Waals surface area contributed by atoms with Crippen LogP contribution in [0.5, 0.6) is 0 Å². The maximum Gasteiger partial charge on any atom is 0.336 e. The summed E-state index contributed by atoms with van der Waals surface area (Å²) in [6.45, 7) is 3.69. The van der Waals surface area contributed by atoms with Gasteiger partial charge in [0.05, 0.1) is 18.6 Å². The van der Waals surface area contributed by atoms with Crippen molar-refractivity contribution in [1.29, 1.82) is 0 Å². The van der Waals surface area contributed by atoms with Crippen molar-refractivity contribution in [3.63, 3.8) is 0 Å². The zero-order valence-electron chi connectivity index (χ0n) is 16.2. The molecule has 1 aromatic heterocycles. The quantitative estimate of drug-likeness (QED) is 0.815. The molecule has 5 nitrogen and oxygen atoms in total. The molecule has 4 rings (SSSR count). The van der Waals surface area contributed by atoms with Gasteiger partial charge in [-0.15, -0.1) is 0 Å². The Balaban J connectivity index is 1.80. The van der Waals surface area contributed by atoms with Crippen LogP contribution in [0.15, 0.2) is 69.4 Å². The molecule has 1 aliphatic heterocycles. The molecule has 1 aliphatic carbocycles. The molecule has 1 N–H and O–H groups in total. The van der Waals surface area contributed by atoms with Crippen LogP contribution < -0.4 is 5.32 Å². The first-order chi connectivity index (χ1) is 13.5. The topological polar surface area (TPSA) is 68.5 Å².